The fraction of sp³-hybridized carbons (Fsp3) is 0.227. The number of hydrogen-bond acceptors (Lipinski definition) is 6. The molecule has 2 aromatic carbocycles. The third-order valence-electron chi connectivity index (χ3n) is 5.24. The number of aryl methyl sites for hydroxylation is 1. The summed E-state index contributed by atoms with van der Waals surface area (Å²) in [5, 5.41) is 0. The van der Waals surface area contributed by atoms with Crippen LogP contribution in [0.3, 0.4) is 0 Å². The van der Waals surface area contributed by atoms with E-state index < -0.39 is 35.6 Å². The monoisotopic (exact) mass is 406 g/mol. The van der Waals surface area contributed by atoms with Crippen molar-refractivity contribution < 1.29 is 28.7 Å². The second-order valence-electron chi connectivity index (χ2n) is 7.18. The fourth-order valence-corrected chi connectivity index (χ4v) is 3.63. The molecule has 1 atom stereocenters. The van der Waals surface area contributed by atoms with Crippen LogP contribution in [0.25, 0.3) is 0 Å². The average Bonchev–Trinajstić information content (AvgIpc) is 3.12. The summed E-state index contributed by atoms with van der Waals surface area (Å²) in [6, 6.07) is 10.2. The molecule has 8 nitrogen and oxygen atoms in total. The number of nitrogens with zero attached hydrogens (tertiary/aromatic N) is 2. The predicted molar refractivity (Wildman–Crippen MR) is 104 cm³/mol. The van der Waals surface area contributed by atoms with Crippen molar-refractivity contribution in [3.05, 3.63) is 70.3 Å². The van der Waals surface area contributed by atoms with Crippen LogP contribution in [0.2, 0.25) is 0 Å². The van der Waals surface area contributed by atoms with Crippen LogP contribution in [-0.2, 0) is 9.53 Å². The summed E-state index contributed by atoms with van der Waals surface area (Å²) in [6.07, 6.45) is 0. The summed E-state index contributed by atoms with van der Waals surface area (Å²) < 4.78 is 5.16. The molecule has 0 aromatic heterocycles. The maximum atomic E-state index is 12.6. The zero-order chi connectivity index (χ0) is 21.6. The van der Waals surface area contributed by atoms with Gasteiger partial charge in [0, 0.05) is 0 Å². The molecule has 0 bridgehead atoms. The van der Waals surface area contributed by atoms with Crippen LogP contribution in [0.15, 0.2) is 42.5 Å². The van der Waals surface area contributed by atoms with Crippen molar-refractivity contribution in [2.75, 3.05) is 13.2 Å². The molecule has 0 aliphatic carbocycles. The number of benzene rings is 2. The lowest BCUT2D eigenvalue weighted by atomic mass is 10.1. The van der Waals surface area contributed by atoms with Gasteiger partial charge in [-0.1, -0.05) is 23.8 Å². The molecule has 0 radical (unpaired) electrons. The molecule has 152 valence electrons. The topological polar surface area (TPSA) is 101 Å². The number of amides is 4. The number of carbonyl (C=O) groups excluding carboxylic acids is 5. The van der Waals surface area contributed by atoms with Gasteiger partial charge in [0.2, 0.25) is 0 Å². The number of rotatable bonds is 5. The van der Waals surface area contributed by atoms with Crippen LogP contribution in [0, 0.1) is 6.92 Å². The van der Waals surface area contributed by atoms with Crippen LogP contribution in [0.5, 0.6) is 0 Å². The number of carbonyl (C=O) groups is 5. The summed E-state index contributed by atoms with van der Waals surface area (Å²) in [5.41, 5.74) is 1.95. The van der Waals surface area contributed by atoms with E-state index >= 15 is 0 Å². The Kier molecular flexibility index (Phi) is 4.69. The van der Waals surface area contributed by atoms with Crippen LogP contribution >= 0.6 is 0 Å². The van der Waals surface area contributed by atoms with Crippen molar-refractivity contribution in [2.45, 2.75) is 19.9 Å². The Bertz CT molecular complexity index is 1090. The van der Waals surface area contributed by atoms with Gasteiger partial charge in [-0.3, -0.25) is 29.0 Å². The summed E-state index contributed by atoms with van der Waals surface area (Å²) in [5.74, 6) is -2.80. The lowest BCUT2D eigenvalue weighted by Crippen LogP contribution is -2.44. The molecule has 2 aliphatic rings. The third kappa shape index (κ3) is 2.97. The van der Waals surface area contributed by atoms with Crippen LogP contribution in [-0.4, -0.2) is 58.6 Å². The minimum atomic E-state index is -1.14. The van der Waals surface area contributed by atoms with Crippen LogP contribution < -0.4 is 0 Å². The molecule has 2 heterocycles. The molecule has 30 heavy (non-hydrogen) atoms. The second kappa shape index (κ2) is 7.22. The predicted octanol–water partition coefficient (Wildman–Crippen LogP) is 1.82. The number of imide groups is 2. The summed E-state index contributed by atoms with van der Waals surface area (Å²) >= 11 is 0. The van der Waals surface area contributed by atoms with E-state index in [1.54, 1.807) is 49.4 Å². The molecule has 0 saturated carbocycles. The van der Waals surface area contributed by atoms with E-state index in [2.05, 4.69) is 0 Å². The molecular weight excluding hydrogens is 388 g/mol. The fourth-order valence-electron chi connectivity index (χ4n) is 3.63. The normalized spacial score (nSPS) is 16.1. The molecule has 2 aliphatic heterocycles. The molecule has 0 fully saturated rings. The number of hydrogen-bond donors (Lipinski definition) is 0. The zero-order valence-electron chi connectivity index (χ0n) is 16.4. The van der Waals surface area contributed by atoms with Crippen molar-refractivity contribution in [1.82, 2.24) is 9.80 Å². The quantitative estimate of drug-likeness (QED) is 0.555. The first-order chi connectivity index (χ1) is 14.3. The Hall–Kier alpha value is -3.81. The highest BCUT2D eigenvalue weighted by molar-refractivity contribution is 6.23. The van der Waals surface area contributed by atoms with Crippen molar-refractivity contribution in [1.29, 1.82) is 0 Å². The molecule has 4 amide bonds. The van der Waals surface area contributed by atoms with E-state index in [4.69, 9.17) is 4.74 Å². The van der Waals surface area contributed by atoms with Gasteiger partial charge in [0.05, 0.1) is 28.8 Å². The Morgan fingerprint density at radius 3 is 2.07 bits per heavy atom. The van der Waals surface area contributed by atoms with Crippen molar-refractivity contribution in [2.24, 2.45) is 0 Å². The molecule has 2 aromatic rings. The minimum absolute atomic E-state index is 0.119. The van der Waals surface area contributed by atoms with E-state index in [0.29, 0.717) is 11.1 Å². The van der Waals surface area contributed by atoms with E-state index in [-0.39, 0.29) is 24.3 Å². The lowest BCUT2D eigenvalue weighted by Gasteiger charge is -2.21. The van der Waals surface area contributed by atoms with Crippen LogP contribution in [0.1, 0.15) is 53.9 Å². The molecular formula is C22H18N2O6. The van der Waals surface area contributed by atoms with Crippen molar-refractivity contribution >= 4 is 29.6 Å². The van der Waals surface area contributed by atoms with E-state index in [9.17, 15) is 24.0 Å². The van der Waals surface area contributed by atoms with Gasteiger partial charge >= 0.3 is 5.97 Å². The summed E-state index contributed by atoms with van der Waals surface area (Å²) in [7, 11) is 0. The Labute approximate surface area is 172 Å². The third-order valence-corrected chi connectivity index (χ3v) is 5.24. The molecule has 0 saturated heterocycles. The standard InChI is InChI=1S/C22H18N2O6/c1-12-7-8-16-17(11-12)21(28)24(20(16)27)13(2)22(29)30-10-9-23-18(25)14-5-3-4-6-15(14)19(23)26/h3-8,11,13H,9-10H2,1-2H3/t13-/m0/s1. The Morgan fingerprint density at radius 2 is 1.43 bits per heavy atom. The highest BCUT2D eigenvalue weighted by atomic mass is 16.5. The number of esters is 1. The van der Waals surface area contributed by atoms with Gasteiger partial charge in [0.1, 0.15) is 12.6 Å². The van der Waals surface area contributed by atoms with E-state index in [0.717, 1.165) is 15.4 Å². The first kappa shape index (κ1) is 19.5. The first-order valence-electron chi connectivity index (χ1n) is 9.41. The van der Waals surface area contributed by atoms with Crippen molar-refractivity contribution in [3.8, 4) is 0 Å². The Balaban J connectivity index is 1.39. The number of ether oxygens (including phenoxy) is 1. The summed E-state index contributed by atoms with van der Waals surface area (Å²) in [4.78, 5) is 64.1. The Morgan fingerprint density at radius 1 is 0.867 bits per heavy atom. The van der Waals surface area contributed by atoms with Gasteiger partial charge < -0.3 is 4.74 Å². The first-order valence-corrected chi connectivity index (χ1v) is 9.41. The van der Waals surface area contributed by atoms with Gasteiger partial charge in [-0.25, -0.2) is 4.79 Å². The molecule has 0 unspecified atom stereocenters. The van der Waals surface area contributed by atoms with E-state index in [1.165, 1.54) is 6.92 Å². The van der Waals surface area contributed by atoms with Gasteiger partial charge in [0.15, 0.2) is 0 Å². The van der Waals surface area contributed by atoms with Crippen LogP contribution in [0.4, 0.5) is 0 Å². The largest absolute Gasteiger partial charge is 0.462 e. The highest BCUT2D eigenvalue weighted by Gasteiger charge is 2.41. The van der Waals surface area contributed by atoms with Gasteiger partial charge in [-0.15, -0.1) is 0 Å². The lowest BCUT2D eigenvalue weighted by molar-refractivity contribution is -0.147. The molecule has 4 rings (SSSR count). The SMILES string of the molecule is Cc1ccc2c(c1)C(=O)N([C@@H](C)C(=O)OCCN1C(=O)c3ccccc3C1=O)C2=O. The molecule has 0 spiro atoms. The smallest absolute Gasteiger partial charge is 0.329 e. The van der Waals surface area contributed by atoms with Gasteiger partial charge in [0.25, 0.3) is 23.6 Å². The second-order valence-corrected chi connectivity index (χ2v) is 7.18. The highest BCUT2D eigenvalue weighted by Crippen LogP contribution is 2.26. The summed E-state index contributed by atoms with van der Waals surface area (Å²) in [6.45, 7) is 2.85. The maximum Gasteiger partial charge on any atom is 0.329 e. The zero-order valence-corrected chi connectivity index (χ0v) is 16.4. The molecule has 8 heteroatoms. The van der Waals surface area contributed by atoms with Gasteiger partial charge in [-0.05, 0) is 38.1 Å². The van der Waals surface area contributed by atoms with E-state index in [1.807, 2.05) is 0 Å². The average molecular weight is 406 g/mol. The maximum absolute atomic E-state index is 12.6. The van der Waals surface area contributed by atoms with Crippen molar-refractivity contribution in [3.63, 3.8) is 0 Å². The molecule has 0 N–H and O–H groups in total. The van der Waals surface area contributed by atoms with Gasteiger partial charge in [-0.2, -0.15) is 0 Å². The minimum Gasteiger partial charge on any atom is -0.462 e. The number of fused-ring (bicyclic) bond motifs is 2.